The highest BCUT2D eigenvalue weighted by Crippen LogP contribution is 2.45. The maximum atomic E-state index is 11.5. The van der Waals surface area contributed by atoms with Crippen molar-refractivity contribution in [1.29, 1.82) is 0 Å². The summed E-state index contributed by atoms with van der Waals surface area (Å²) in [5.74, 6) is 0.957. The van der Waals surface area contributed by atoms with E-state index in [9.17, 15) is 8.42 Å². The Balaban J connectivity index is 0.00000441. The molecule has 0 aliphatic heterocycles. The number of methoxy groups -OCH3 is 1. The Morgan fingerprint density at radius 3 is 2.32 bits per heavy atom. The van der Waals surface area contributed by atoms with Gasteiger partial charge >= 0.3 is 0 Å². The number of nitrogens with zero attached hydrogens (tertiary/aromatic N) is 1. The first-order chi connectivity index (χ1) is 9.61. The molecule has 0 spiro atoms. The molecule has 0 saturated heterocycles. The van der Waals surface area contributed by atoms with E-state index in [-0.39, 0.29) is 40.7 Å². The predicted molar refractivity (Wildman–Crippen MR) is 102 cm³/mol. The van der Waals surface area contributed by atoms with Crippen molar-refractivity contribution in [1.82, 2.24) is 10.6 Å². The minimum Gasteiger partial charge on any atom is -0.377 e. The molecular formula is C14H30IN3O3S. The Labute approximate surface area is 151 Å². The van der Waals surface area contributed by atoms with Crippen molar-refractivity contribution in [3.63, 3.8) is 0 Å². The molecule has 0 atom stereocenters. The minimum atomic E-state index is -2.94. The SMILES string of the molecule is CCNC(=NCC(C)(C)OC)NCC1(CS(C)(=O)=O)CC1.I. The zero-order chi connectivity index (χ0) is 16.1. The number of aliphatic imine (C=N–C) groups is 1. The van der Waals surface area contributed by atoms with Crippen molar-refractivity contribution in [2.24, 2.45) is 10.4 Å². The lowest BCUT2D eigenvalue weighted by atomic mass is 10.1. The number of halogens is 1. The van der Waals surface area contributed by atoms with Crippen molar-refractivity contribution in [2.45, 2.75) is 39.2 Å². The zero-order valence-corrected chi connectivity index (χ0v) is 17.4. The molecule has 132 valence electrons. The molecule has 0 radical (unpaired) electrons. The third-order valence-corrected chi connectivity index (χ3v) is 4.81. The molecule has 8 heteroatoms. The number of hydrogen-bond acceptors (Lipinski definition) is 4. The third-order valence-electron chi connectivity index (χ3n) is 3.67. The van der Waals surface area contributed by atoms with Gasteiger partial charge in [0.25, 0.3) is 0 Å². The van der Waals surface area contributed by atoms with Gasteiger partial charge in [-0.05, 0) is 33.6 Å². The van der Waals surface area contributed by atoms with E-state index in [1.165, 1.54) is 6.26 Å². The van der Waals surface area contributed by atoms with Gasteiger partial charge in [-0.1, -0.05) is 0 Å². The van der Waals surface area contributed by atoms with Crippen LogP contribution in [0.2, 0.25) is 0 Å². The topological polar surface area (TPSA) is 79.8 Å². The minimum absolute atomic E-state index is 0. The number of rotatable bonds is 8. The van der Waals surface area contributed by atoms with Crippen LogP contribution in [-0.4, -0.2) is 58.7 Å². The fraction of sp³-hybridized carbons (Fsp3) is 0.929. The molecule has 0 heterocycles. The molecular weight excluding hydrogens is 417 g/mol. The van der Waals surface area contributed by atoms with Crippen LogP contribution < -0.4 is 10.6 Å². The van der Waals surface area contributed by atoms with Crippen LogP contribution in [0.1, 0.15) is 33.6 Å². The second kappa shape index (κ2) is 8.68. The molecule has 0 aromatic rings. The molecule has 0 bridgehead atoms. The molecule has 1 rings (SSSR count). The Hall–Kier alpha value is -0.0900. The van der Waals surface area contributed by atoms with Crippen LogP contribution in [0.15, 0.2) is 4.99 Å². The summed E-state index contributed by atoms with van der Waals surface area (Å²) in [7, 11) is -1.27. The van der Waals surface area contributed by atoms with E-state index in [4.69, 9.17) is 4.74 Å². The first-order valence-electron chi connectivity index (χ1n) is 7.36. The van der Waals surface area contributed by atoms with Crippen LogP contribution in [0.4, 0.5) is 0 Å². The molecule has 1 saturated carbocycles. The van der Waals surface area contributed by atoms with E-state index in [2.05, 4.69) is 15.6 Å². The highest BCUT2D eigenvalue weighted by Gasteiger charge is 2.45. The summed E-state index contributed by atoms with van der Waals surface area (Å²) in [6.07, 6.45) is 3.21. The Morgan fingerprint density at radius 2 is 1.91 bits per heavy atom. The fourth-order valence-electron chi connectivity index (χ4n) is 2.05. The number of hydrogen-bond donors (Lipinski definition) is 2. The van der Waals surface area contributed by atoms with Crippen LogP contribution in [0.3, 0.4) is 0 Å². The first kappa shape index (κ1) is 21.9. The summed E-state index contributed by atoms with van der Waals surface area (Å²) < 4.78 is 28.3. The first-order valence-corrected chi connectivity index (χ1v) is 9.42. The third kappa shape index (κ3) is 8.52. The lowest BCUT2D eigenvalue weighted by molar-refractivity contribution is 0.0310. The molecule has 6 nitrogen and oxygen atoms in total. The fourth-order valence-corrected chi connectivity index (χ4v) is 3.56. The van der Waals surface area contributed by atoms with E-state index in [1.807, 2.05) is 20.8 Å². The normalized spacial score (nSPS) is 17.6. The highest BCUT2D eigenvalue weighted by atomic mass is 127. The van der Waals surface area contributed by atoms with E-state index in [1.54, 1.807) is 7.11 Å². The lowest BCUT2D eigenvalue weighted by Crippen LogP contribution is -2.42. The molecule has 1 aliphatic carbocycles. The highest BCUT2D eigenvalue weighted by molar-refractivity contribution is 14.0. The van der Waals surface area contributed by atoms with E-state index >= 15 is 0 Å². The van der Waals surface area contributed by atoms with E-state index in [0.717, 1.165) is 19.4 Å². The average Bonchev–Trinajstić information content (AvgIpc) is 3.10. The van der Waals surface area contributed by atoms with Gasteiger partial charge < -0.3 is 15.4 Å². The molecule has 1 aliphatic rings. The largest absolute Gasteiger partial charge is 0.377 e. The van der Waals surface area contributed by atoms with Gasteiger partial charge in [-0.15, -0.1) is 24.0 Å². The Morgan fingerprint density at radius 1 is 1.32 bits per heavy atom. The van der Waals surface area contributed by atoms with Gasteiger partial charge in [-0.3, -0.25) is 4.99 Å². The number of sulfone groups is 1. The molecule has 0 unspecified atom stereocenters. The Bertz CT molecular complexity index is 474. The van der Waals surface area contributed by atoms with Gasteiger partial charge in [-0.2, -0.15) is 0 Å². The molecule has 0 aromatic heterocycles. The van der Waals surface area contributed by atoms with Gasteiger partial charge in [0.1, 0.15) is 9.84 Å². The summed E-state index contributed by atoms with van der Waals surface area (Å²) in [5, 5.41) is 6.44. The maximum absolute atomic E-state index is 11.5. The van der Waals surface area contributed by atoms with Crippen molar-refractivity contribution in [3.05, 3.63) is 0 Å². The monoisotopic (exact) mass is 447 g/mol. The van der Waals surface area contributed by atoms with Crippen molar-refractivity contribution in [2.75, 3.05) is 38.8 Å². The Kier molecular flexibility index (Phi) is 8.64. The van der Waals surface area contributed by atoms with E-state index in [0.29, 0.717) is 19.0 Å². The second-order valence-corrected chi connectivity index (χ2v) is 8.72. The van der Waals surface area contributed by atoms with Gasteiger partial charge in [0.05, 0.1) is 17.9 Å². The number of guanidine groups is 1. The lowest BCUT2D eigenvalue weighted by Gasteiger charge is -2.22. The molecule has 1 fully saturated rings. The second-order valence-electron chi connectivity index (χ2n) is 6.58. The molecule has 2 N–H and O–H groups in total. The van der Waals surface area contributed by atoms with Crippen LogP contribution in [0, 0.1) is 5.41 Å². The van der Waals surface area contributed by atoms with Crippen molar-refractivity contribution >= 4 is 39.8 Å². The molecule has 0 aromatic carbocycles. The van der Waals surface area contributed by atoms with Gasteiger partial charge in [0.2, 0.25) is 0 Å². The zero-order valence-electron chi connectivity index (χ0n) is 14.2. The standard InChI is InChI=1S/C14H29N3O3S.HI/c1-6-15-12(16-9-13(2,3)20-4)17-10-14(7-8-14)11-21(5,18)19;/h6-11H2,1-5H3,(H2,15,16,17);1H. The molecule has 0 amide bonds. The number of ether oxygens (including phenoxy) is 1. The van der Waals surface area contributed by atoms with Gasteiger partial charge in [0.15, 0.2) is 5.96 Å². The van der Waals surface area contributed by atoms with Crippen LogP contribution in [0.25, 0.3) is 0 Å². The van der Waals surface area contributed by atoms with Crippen molar-refractivity contribution < 1.29 is 13.2 Å². The predicted octanol–water partition coefficient (Wildman–Crippen LogP) is 1.41. The number of nitrogens with one attached hydrogen (secondary N) is 2. The van der Waals surface area contributed by atoms with Crippen LogP contribution in [-0.2, 0) is 14.6 Å². The van der Waals surface area contributed by atoms with Crippen molar-refractivity contribution in [3.8, 4) is 0 Å². The summed E-state index contributed by atoms with van der Waals surface area (Å²) in [5.41, 5.74) is -0.424. The summed E-state index contributed by atoms with van der Waals surface area (Å²) in [6, 6.07) is 0. The molecule has 22 heavy (non-hydrogen) atoms. The smallest absolute Gasteiger partial charge is 0.191 e. The summed E-state index contributed by atoms with van der Waals surface area (Å²) in [4.78, 5) is 4.50. The summed E-state index contributed by atoms with van der Waals surface area (Å²) >= 11 is 0. The van der Waals surface area contributed by atoms with E-state index < -0.39 is 9.84 Å². The van der Waals surface area contributed by atoms with Gasteiger partial charge in [-0.25, -0.2) is 8.42 Å². The van der Waals surface area contributed by atoms with Crippen LogP contribution in [0.5, 0.6) is 0 Å². The quantitative estimate of drug-likeness (QED) is 0.334. The van der Waals surface area contributed by atoms with Crippen LogP contribution >= 0.6 is 24.0 Å². The average molecular weight is 447 g/mol. The van der Waals surface area contributed by atoms with Gasteiger partial charge in [0, 0.05) is 31.9 Å². The maximum Gasteiger partial charge on any atom is 0.191 e. The summed E-state index contributed by atoms with van der Waals surface area (Å²) in [6.45, 7) is 7.90.